The van der Waals surface area contributed by atoms with E-state index in [0.29, 0.717) is 77.7 Å². The number of fused-ring (bicyclic) bond motifs is 2. The summed E-state index contributed by atoms with van der Waals surface area (Å²) in [4.78, 5) is 47.4. The number of H-pyrrole nitrogens is 1. The van der Waals surface area contributed by atoms with Gasteiger partial charge in [0.15, 0.2) is 5.82 Å². The Kier molecular flexibility index (Phi) is 10.1. The van der Waals surface area contributed by atoms with Crippen molar-refractivity contribution in [2.45, 2.75) is 120 Å². The zero-order valence-electron chi connectivity index (χ0n) is 38.8. The quantitative estimate of drug-likeness (QED) is 0.145. The number of halogens is 2. The van der Waals surface area contributed by atoms with Crippen molar-refractivity contribution in [3.05, 3.63) is 139 Å². The molecule has 2 aliphatic heterocycles. The number of aromatic nitrogens is 7. The Bertz CT molecular complexity index is 3440. The standard InChI is InChI=1S/C50H53F2N9O6S/c1-27-20-34(21-28(2)43(27)52)61-44(59-18-17-58(48(59)64)40-13-11-36(24-37(40)51)68(53,65)35-8-7-9-35)42-30(4)57(16-14-38(42)55-61)45(62)41-23-33-22-31(32-15-19-66-49(5,6)26-32)10-12-39(33)60(41)50(25-29(50)3)46-54-47(63)67-56-46/h10-13,17-18,20-24,29-30,32,35,53H,7-9,14-16,19,25-26H2,1-6H3,(H,54,56,63)/t29-,30-,32-,50-,68-/m0/s1. The number of hydrogen-bond donors (Lipinski definition) is 2. The van der Waals surface area contributed by atoms with Crippen molar-refractivity contribution in [2.75, 3.05) is 13.2 Å². The van der Waals surface area contributed by atoms with Crippen LogP contribution in [0, 0.1) is 36.2 Å². The molecule has 7 aromatic rings. The molecule has 11 rings (SSSR count). The molecule has 2 saturated carbocycles. The van der Waals surface area contributed by atoms with Gasteiger partial charge >= 0.3 is 11.4 Å². The van der Waals surface area contributed by atoms with Crippen LogP contribution in [-0.4, -0.2) is 72.6 Å². The second-order valence-electron chi connectivity index (χ2n) is 20.0. The summed E-state index contributed by atoms with van der Waals surface area (Å²) in [6.45, 7) is 12.4. The first-order valence-electron chi connectivity index (χ1n) is 23.3. The number of nitrogens with zero attached hydrogens (tertiary/aromatic N) is 7. The predicted molar refractivity (Wildman–Crippen MR) is 250 cm³/mol. The van der Waals surface area contributed by atoms with Crippen LogP contribution in [0.1, 0.15) is 122 Å². The minimum atomic E-state index is -3.23. The van der Waals surface area contributed by atoms with Crippen molar-refractivity contribution in [1.29, 1.82) is 4.78 Å². The van der Waals surface area contributed by atoms with Gasteiger partial charge in [-0.1, -0.05) is 24.6 Å². The van der Waals surface area contributed by atoms with Crippen molar-refractivity contribution in [3.8, 4) is 17.2 Å². The van der Waals surface area contributed by atoms with Crippen molar-refractivity contribution in [2.24, 2.45) is 5.92 Å². The molecule has 1 saturated heterocycles. The van der Waals surface area contributed by atoms with Gasteiger partial charge in [0, 0.05) is 53.7 Å². The lowest BCUT2D eigenvalue weighted by Gasteiger charge is -2.35. The van der Waals surface area contributed by atoms with Crippen LogP contribution < -0.4 is 11.4 Å². The van der Waals surface area contributed by atoms with E-state index in [1.54, 1.807) is 35.6 Å². The van der Waals surface area contributed by atoms with E-state index in [1.807, 2.05) is 24.5 Å². The largest absolute Gasteiger partial charge is 0.438 e. The summed E-state index contributed by atoms with van der Waals surface area (Å²) in [5.41, 5.74) is 2.90. The van der Waals surface area contributed by atoms with E-state index < -0.39 is 38.6 Å². The molecule has 354 valence electrons. The van der Waals surface area contributed by atoms with Gasteiger partial charge in [0.25, 0.3) is 5.91 Å². The molecule has 2 aliphatic carbocycles. The number of imidazole rings is 1. The summed E-state index contributed by atoms with van der Waals surface area (Å²) in [5.74, 6) is -1.28. The fourth-order valence-corrected chi connectivity index (χ4v) is 13.1. The first kappa shape index (κ1) is 44.1. The van der Waals surface area contributed by atoms with Crippen LogP contribution in [0.15, 0.2) is 86.0 Å². The van der Waals surface area contributed by atoms with E-state index in [2.05, 4.69) is 42.2 Å². The van der Waals surface area contributed by atoms with Gasteiger partial charge in [0.2, 0.25) is 0 Å². The molecule has 0 bridgehead atoms. The Hall–Kier alpha value is -6.40. The topological polar surface area (TPSA) is 179 Å². The normalized spacial score (nSPS) is 23.4. The van der Waals surface area contributed by atoms with Crippen molar-refractivity contribution in [3.63, 3.8) is 0 Å². The molecule has 6 heterocycles. The maximum absolute atomic E-state index is 16.1. The number of benzene rings is 3. The molecule has 3 fully saturated rings. The molecule has 3 aromatic carbocycles. The van der Waals surface area contributed by atoms with Gasteiger partial charge in [0.05, 0.1) is 43.3 Å². The zero-order valence-corrected chi connectivity index (χ0v) is 39.6. The van der Waals surface area contributed by atoms with E-state index in [4.69, 9.17) is 19.1 Å². The molecule has 68 heavy (non-hydrogen) atoms. The van der Waals surface area contributed by atoms with Gasteiger partial charge in [-0.2, -0.15) is 5.10 Å². The van der Waals surface area contributed by atoms with Crippen molar-refractivity contribution in [1.82, 2.24) is 38.5 Å². The number of aromatic amines is 1. The summed E-state index contributed by atoms with van der Waals surface area (Å²) in [5, 5.41) is 9.75. The second-order valence-corrected chi connectivity index (χ2v) is 22.3. The highest BCUT2D eigenvalue weighted by Gasteiger charge is 2.59. The van der Waals surface area contributed by atoms with Crippen LogP contribution in [0.3, 0.4) is 0 Å². The SMILES string of the molecule is Cc1cc(-n2nc3c(c2-n2ccn(-c4ccc([S@@](=N)(=O)C5CCC5)cc4F)c2=O)[C@H](C)N(C(=O)c2cc4cc([C@H]5CCOC(C)(C)C5)ccc4n2[C@@]2(c4noc(=O)[nH]4)C[C@@H]2C)CC3)cc(C)c1F. The number of carbonyl (C=O) groups is 1. The first-order chi connectivity index (χ1) is 32.4. The summed E-state index contributed by atoms with van der Waals surface area (Å²) in [6.07, 6.45) is 7.72. The van der Waals surface area contributed by atoms with Gasteiger partial charge in [-0.15, -0.1) is 0 Å². The van der Waals surface area contributed by atoms with Gasteiger partial charge in [0.1, 0.15) is 28.7 Å². The van der Waals surface area contributed by atoms with Crippen LogP contribution in [0.2, 0.25) is 0 Å². The average Bonchev–Trinajstić information content (AvgIpc) is 3.76. The fraction of sp³-hybridized carbons (Fsp3) is 0.420. The van der Waals surface area contributed by atoms with Gasteiger partial charge in [-0.05, 0) is 144 Å². The summed E-state index contributed by atoms with van der Waals surface area (Å²) in [6, 6.07) is 14.8. The molecule has 18 heteroatoms. The van der Waals surface area contributed by atoms with Crippen molar-refractivity contribution >= 4 is 26.5 Å². The Morgan fingerprint density at radius 3 is 2.34 bits per heavy atom. The molecular formula is C50H53F2N9O6S. The van der Waals surface area contributed by atoms with Gasteiger partial charge in [-0.3, -0.25) is 23.4 Å². The van der Waals surface area contributed by atoms with E-state index in [9.17, 15) is 13.8 Å². The number of rotatable bonds is 9. The third-order valence-electron chi connectivity index (χ3n) is 15.2. The van der Waals surface area contributed by atoms with Crippen LogP contribution in [0.5, 0.6) is 0 Å². The van der Waals surface area contributed by atoms with E-state index >= 15 is 13.6 Å². The molecular weight excluding hydrogens is 893 g/mol. The van der Waals surface area contributed by atoms with Crippen LogP contribution in [0.25, 0.3) is 28.1 Å². The zero-order chi connectivity index (χ0) is 47.8. The van der Waals surface area contributed by atoms with Crippen LogP contribution >= 0.6 is 0 Å². The number of aryl methyl sites for hydroxylation is 2. The second kappa shape index (κ2) is 15.6. The minimum absolute atomic E-state index is 0.0185. The predicted octanol–water partition coefficient (Wildman–Crippen LogP) is 8.51. The highest BCUT2D eigenvalue weighted by Crippen LogP contribution is 2.56. The number of ether oxygens (including phenoxy) is 1. The molecule has 5 atom stereocenters. The maximum Gasteiger partial charge on any atom is 0.438 e. The number of amides is 1. The Labute approximate surface area is 390 Å². The molecule has 0 unspecified atom stereocenters. The molecule has 15 nitrogen and oxygen atoms in total. The Morgan fingerprint density at radius 2 is 1.69 bits per heavy atom. The highest BCUT2D eigenvalue weighted by atomic mass is 32.2. The van der Waals surface area contributed by atoms with Gasteiger partial charge < -0.3 is 14.2 Å². The lowest BCUT2D eigenvalue weighted by molar-refractivity contribution is -0.0592. The highest BCUT2D eigenvalue weighted by molar-refractivity contribution is 7.93. The third-order valence-corrected chi connectivity index (χ3v) is 17.5. The van der Waals surface area contributed by atoms with Crippen LogP contribution in [0.4, 0.5) is 8.78 Å². The van der Waals surface area contributed by atoms with E-state index in [1.165, 1.54) is 29.1 Å². The van der Waals surface area contributed by atoms with Gasteiger partial charge in [-0.25, -0.2) is 32.0 Å². The first-order valence-corrected chi connectivity index (χ1v) is 24.9. The summed E-state index contributed by atoms with van der Waals surface area (Å²) >= 11 is 0. The lowest BCUT2D eigenvalue weighted by atomic mass is 9.83. The Morgan fingerprint density at radius 1 is 0.956 bits per heavy atom. The van der Waals surface area contributed by atoms with Crippen molar-refractivity contribution < 1.29 is 27.0 Å². The van der Waals surface area contributed by atoms with E-state index in [0.717, 1.165) is 46.4 Å². The molecule has 1 amide bonds. The van der Waals surface area contributed by atoms with E-state index in [-0.39, 0.29) is 51.5 Å². The summed E-state index contributed by atoms with van der Waals surface area (Å²) in [7, 11) is -3.23. The molecule has 0 radical (unpaired) electrons. The average molecular weight is 946 g/mol. The monoisotopic (exact) mass is 945 g/mol. The lowest BCUT2D eigenvalue weighted by Crippen LogP contribution is -2.41. The number of hydrogen-bond acceptors (Lipinski definition) is 9. The number of nitrogens with one attached hydrogen (secondary N) is 2. The van der Waals surface area contributed by atoms with Crippen LogP contribution in [-0.2, 0) is 26.4 Å². The summed E-state index contributed by atoms with van der Waals surface area (Å²) < 4.78 is 70.4. The maximum atomic E-state index is 16.1. The smallest absolute Gasteiger partial charge is 0.376 e. The minimum Gasteiger partial charge on any atom is -0.376 e. The third kappa shape index (κ3) is 6.79. The Balaban J connectivity index is 1.04. The molecule has 0 spiro atoms. The number of carbonyl (C=O) groups excluding carboxylic acids is 1. The molecule has 4 aliphatic rings. The molecule has 2 N–H and O–H groups in total. The fourth-order valence-electron chi connectivity index (χ4n) is 11.2. The molecule has 4 aromatic heterocycles.